The summed E-state index contributed by atoms with van der Waals surface area (Å²) in [6.07, 6.45) is 5.66. The van der Waals surface area contributed by atoms with E-state index in [0.717, 1.165) is 29.4 Å². The number of nitrogens with zero attached hydrogens (tertiary/aromatic N) is 2. The van der Waals surface area contributed by atoms with Crippen LogP contribution in [-0.4, -0.2) is 29.8 Å². The largest absolute Gasteiger partial charge is 0.382 e. The van der Waals surface area contributed by atoms with Crippen molar-refractivity contribution < 1.29 is 9.47 Å². The normalized spacial score (nSPS) is 23.2. The molecule has 1 saturated heterocycles. The Morgan fingerprint density at radius 3 is 2.72 bits per heavy atom. The van der Waals surface area contributed by atoms with Crippen LogP contribution in [0.25, 0.3) is 22.2 Å². The number of hydrogen-bond donors (Lipinski definition) is 0. The Morgan fingerprint density at radius 2 is 1.88 bits per heavy atom. The van der Waals surface area contributed by atoms with Crippen LogP contribution in [0.2, 0.25) is 0 Å². The van der Waals surface area contributed by atoms with Gasteiger partial charge in [-0.1, -0.05) is 24.3 Å². The first-order chi connectivity index (χ1) is 12.2. The average molecular weight is 334 g/mol. The topological polar surface area (TPSA) is 44.2 Å². The highest BCUT2D eigenvalue weighted by molar-refractivity contribution is 5.81. The summed E-state index contributed by atoms with van der Waals surface area (Å²) in [5.41, 5.74) is 5.10. The van der Waals surface area contributed by atoms with E-state index in [1.807, 2.05) is 6.07 Å². The van der Waals surface area contributed by atoms with Crippen LogP contribution < -0.4 is 0 Å². The molecule has 25 heavy (non-hydrogen) atoms. The lowest BCUT2D eigenvalue weighted by atomic mass is 9.90. The third-order valence-electron chi connectivity index (χ3n) is 5.00. The molecule has 0 N–H and O–H groups in total. The molecule has 0 saturated carbocycles. The molecule has 2 aromatic carbocycles. The molecule has 0 spiro atoms. The number of fused-ring (bicyclic) bond motifs is 1. The van der Waals surface area contributed by atoms with Crippen LogP contribution in [0.4, 0.5) is 0 Å². The van der Waals surface area contributed by atoms with Gasteiger partial charge in [-0.05, 0) is 54.7 Å². The van der Waals surface area contributed by atoms with Gasteiger partial charge in [-0.25, -0.2) is 0 Å². The molecule has 1 aliphatic heterocycles. The van der Waals surface area contributed by atoms with E-state index >= 15 is 0 Å². The molecule has 3 aromatic rings. The molecule has 4 rings (SSSR count). The second-order valence-electron chi connectivity index (χ2n) is 6.81. The molecule has 128 valence electrons. The Morgan fingerprint density at radius 1 is 1.08 bits per heavy atom. The van der Waals surface area contributed by atoms with Gasteiger partial charge in [-0.3, -0.25) is 9.97 Å². The van der Waals surface area contributed by atoms with Gasteiger partial charge in [0, 0.05) is 19.5 Å². The van der Waals surface area contributed by atoms with E-state index in [1.54, 1.807) is 19.5 Å². The van der Waals surface area contributed by atoms with Gasteiger partial charge in [0.05, 0.1) is 29.3 Å². The highest BCUT2D eigenvalue weighted by Crippen LogP contribution is 2.40. The zero-order chi connectivity index (χ0) is 17.3. The minimum Gasteiger partial charge on any atom is -0.382 e. The predicted molar refractivity (Wildman–Crippen MR) is 98.3 cm³/mol. The highest BCUT2D eigenvalue weighted by Gasteiger charge is 2.37. The molecule has 0 radical (unpaired) electrons. The molecule has 2 heterocycles. The number of hydrogen-bond acceptors (Lipinski definition) is 4. The zero-order valence-electron chi connectivity index (χ0n) is 14.6. The number of rotatable bonds is 4. The molecule has 2 unspecified atom stereocenters. The van der Waals surface area contributed by atoms with Gasteiger partial charge in [0.1, 0.15) is 0 Å². The van der Waals surface area contributed by atoms with Crippen molar-refractivity contribution in [2.45, 2.75) is 31.5 Å². The molecule has 2 atom stereocenters. The first kappa shape index (κ1) is 16.2. The summed E-state index contributed by atoms with van der Waals surface area (Å²) >= 11 is 0. The smallest absolute Gasteiger partial charge is 0.0909 e. The molecular formula is C21H22N2O2. The third-order valence-corrected chi connectivity index (χ3v) is 5.00. The third kappa shape index (κ3) is 3.15. The van der Waals surface area contributed by atoms with E-state index in [9.17, 15) is 0 Å². The second kappa shape index (κ2) is 6.54. The quantitative estimate of drug-likeness (QED) is 0.712. The van der Waals surface area contributed by atoms with E-state index in [4.69, 9.17) is 9.47 Å². The SMILES string of the molecule is COCC1CCC(C)(c2cccc(-c3ccc4nccnc4c3)c2)O1. The molecule has 0 amide bonds. The number of methoxy groups -OCH3 is 1. The van der Waals surface area contributed by atoms with Crippen LogP contribution in [-0.2, 0) is 15.1 Å². The van der Waals surface area contributed by atoms with Gasteiger partial charge in [0.25, 0.3) is 0 Å². The Hall–Kier alpha value is -2.30. The summed E-state index contributed by atoms with van der Waals surface area (Å²) in [6.45, 7) is 2.83. The average Bonchev–Trinajstić information content (AvgIpc) is 3.04. The zero-order valence-corrected chi connectivity index (χ0v) is 14.6. The van der Waals surface area contributed by atoms with Gasteiger partial charge >= 0.3 is 0 Å². The summed E-state index contributed by atoms with van der Waals surface area (Å²) < 4.78 is 11.5. The van der Waals surface area contributed by atoms with Crippen molar-refractivity contribution in [1.82, 2.24) is 9.97 Å². The Kier molecular flexibility index (Phi) is 4.24. The fourth-order valence-corrected chi connectivity index (χ4v) is 3.61. The summed E-state index contributed by atoms with van der Waals surface area (Å²) in [6, 6.07) is 14.8. The lowest BCUT2D eigenvalue weighted by Gasteiger charge is -2.26. The van der Waals surface area contributed by atoms with Crippen molar-refractivity contribution in [3.05, 3.63) is 60.4 Å². The van der Waals surface area contributed by atoms with Crippen molar-refractivity contribution in [2.24, 2.45) is 0 Å². The minimum absolute atomic E-state index is 0.176. The van der Waals surface area contributed by atoms with Crippen molar-refractivity contribution in [3.63, 3.8) is 0 Å². The molecule has 1 fully saturated rings. The Bertz CT molecular complexity index is 896. The summed E-state index contributed by atoms with van der Waals surface area (Å²) in [7, 11) is 1.72. The summed E-state index contributed by atoms with van der Waals surface area (Å²) in [4.78, 5) is 8.75. The molecule has 0 aliphatic carbocycles. The van der Waals surface area contributed by atoms with Crippen LogP contribution in [0.15, 0.2) is 54.9 Å². The van der Waals surface area contributed by atoms with Crippen molar-refractivity contribution in [2.75, 3.05) is 13.7 Å². The van der Waals surface area contributed by atoms with E-state index in [0.29, 0.717) is 6.61 Å². The van der Waals surface area contributed by atoms with Gasteiger partial charge in [-0.2, -0.15) is 0 Å². The monoisotopic (exact) mass is 334 g/mol. The van der Waals surface area contributed by atoms with Crippen LogP contribution in [0, 0.1) is 0 Å². The maximum absolute atomic E-state index is 6.29. The maximum atomic E-state index is 6.29. The molecule has 4 heteroatoms. The molecular weight excluding hydrogens is 312 g/mol. The molecule has 1 aromatic heterocycles. The highest BCUT2D eigenvalue weighted by atomic mass is 16.5. The number of benzene rings is 2. The predicted octanol–water partition coefficient (Wildman–Crippen LogP) is 4.34. The van der Waals surface area contributed by atoms with E-state index in [2.05, 4.69) is 53.3 Å². The summed E-state index contributed by atoms with van der Waals surface area (Å²) in [5.74, 6) is 0. The van der Waals surface area contributed by atoms with Gasteiger partial charge in [0.15, 0.2) is 0 Å². The summed E-state index contributed by atoms with van der Waals surface area (Å²) in [5, 5.41) is 0. The van der Waals surface area contributed by atoms with Gasteiger partial charge in [0.2, 0.25) is 0 Å². The molecule has 4 nitrogen and oxygen atoms in total. The Labute approximate surface area is 147 Å². The van der Waals surface area contributed by atoms with Crippen LogP contribution in [0.3, 0.4) is 0 Å². The van der Waals surface area contributed by atoms with Crippen LogP contribution in [0.1, 0.15) is 25.3 Å². The van der Waals surface area contributed by atoms with Gasteiger partial charge < -0.3 is 9.47 Å². The first-order valence-corrected chi connectivity index (χ1v) is 8.66. The Balaban J connectivity index is 1.67. The number of ether oxygens (including phenoxy) is 2. The van der Waals surface area contributed by atoms with Crippen LogP contribution >= 0.6 is 0 Å². The van der Waals surface area contributed by atoms with Gasteiger partial charge in [-0.15, -0.1) is 0 Å². The first-order valence-electron chi connectivity index (χ1n) is 8.66. The standard InChI is InChI=1S/C21H22N2O2/c1-21(9-8-18(25-21)14-24-2)17-5-3-4-15(12-17)16-6-7-19-20(13-16)23-11-10-22-19/h3-7,10-13,18H,8-9,14H2,1-2H3. The fourth-order valence-electron chi connectivity index (χ4n) is 3.61. The van der Waals surface area contributed by atoms with E-state index < -0.39 is 0 Å². The molecule has 1 aliphatic rings. The lowest BCUT2D eigenvalue weighted by Crippen LogP contribution is -2.24. The minimum atomic E-state index is -0.254. The molecule has 0 bridgehead atoms. The second-order valence-corrected chi connectivity index (χ2v) is 6.81. The van der Waals surface area contributed by atoms with Crippen LogP contribution in [0.5, 0.6) is 0 Å². The van der Waals surface area contributed by atoms with Crippen molar-refractivity contribution in [1.29, 1.82) is 0 Å². The lowest BCUT2D eigenvalue weighted by molar-refractivity contribution is -0.0588. The van der Waals surface area contributed by atoms with E-state index in [-0.39, 0.29) is 11.7 Å². The van der Waals surface area contributed by atoms with E-state index in [1.165, 1.54) is 11.1 Å². The fraction of sp³-hybridized carbons (Fsp3) is 0.333. The maximum Gasteiger partial charge on any atom is 0.0909 e. The van der Waals surface area contributed by atoms with Crippen molar-refractivity contribution >= 4 is 11.0 Å². The van der Waals surface area contributed by atoms with Crippen molar-refractivity contribution in [3.8, 4) is 11.1 Å². The number of aromatic nitrogens is 2.